The molecule has 4 aromatic carbocycles. The maximum atomic E-state index is 9.50. The molecule has 4 rings (SSSR count). The van der Waals surface area contributed by atoms with Gasteiger partial charge in [0.2, 0.25) is 0 Å². The summed E-state index contributed by atoms with van der Waals surface area (Å²) in [5.74, 6) is 2.17. The molecule has 0 aliphatic rings. The SMILES string of the molecule is Oc1ccc(Cc2ccccc2Oc2ccccc2Cc2ccc(O)cc2)cc1. The molecule has 0 amide bonds. The van der Waals surface area contributed by atoms with E-state index in [2.05, 4.69) is 12.1 Å². The van der Waals surface area contributed by atoms with Crippen LogP contribution >= 0.6 is 0 Å². The van der Waals surface area contributed by atoms with Gasteiger partial charge in [-0.05, 0) is 58.7 Å². The molecule has 0 atom stereocenters. The fourth-order valence-corrected chi connectivity index (χ4v) is 3.28. The van der Waals surface area contributed by atoms with Crippen LogP contribution in [0.1, 0.15) is 22.3 Å². The van der Waals surface area contributed by atoms with Crippen molar-refractivity contribution in [1.29, 1.82) is 0 Å². The van der Waals surface area contributed by atoms with E-state index in [-0.39, 0.29) is 11.5 Å². The van der Waals surface area contributed by atoms with Crippen molar-refractivity contribution in [2.45, 2.75) is 12.8 Å². The van der Waals surface area contributed by atoms with Gasteiger partial charge in [-0.25, -0.2) is 0 Å². The second-order valence-electron chi connectivity index (χ2n) is 7.00. The zero-order chi connectivity index (χ0) is 20.1. The summed E-state index contributed by atoms with van der Waals surface area (Å²) in [5, 5.41) is 19.0. The summed E-state index contributed by atoms with van der Waals surface area (Å²) in [6, 6.07) is 30.5. The minimum atomic E-state index is 0.265. The lowest BCUT2D eigenvalue weighted by molar-refractivity contribution is 0.472. The number of ether oxygens (including phenoxy) is 1. The molecule has 0 bridgehead atoms. The fraction of sp³-hybridized carbons (Fsp3) is 0.0769. The third kappa shape index (κ3) is 4.77. The number of phenols is 2. The molecule has 0 aliphatic carbocycles. The van der Waals surface area contributed by atoms with Gasteiger partial charge in [0.15, 0.2) is 0 Å². The van der Waals surface area contributed by atoms with Gasteiger partial charge in [0, 0.05) is 12.8 Å². The maximum absolute atomic E-state index is 9.50. The summed E-state index contributed by atoms with van der Waals surface area (Å²) >= 11 is 0. The molecule has 29 heavy (non-hydrogen) atoms. The Morgan fingerprint density at radius 3 is 1.28 bits per heavy atom. The zero-order valence-electron chi connectivity index (χ0n) is 16.0. The van der Waals surface area contributed by atoms with Crippen LogP contribution in [0.2, 0.25) is 0 Å². The quantitative estimate of drug-likeness (QED) is 0.425. The molecule has 0 saturated heterocycles. The number of phenolic OH excluding ortho intramolecular Hbond substituents is 2. The van der Waals surface area contributed by atoms with Crippen LogP contribution in [-0.2, 0) is 12.8 Å². The van der Waals surface area contributed by atoms with Crippen molar-refractivity contribution in [1.82, 2.24) is 0 Å². The first-order valence-electron chi connectivity index (χ1n) is 9.57. The highest BCUT2D eigenvalue weighted by atomic mass is 16.5. The molecular weight excluding hydrogens is 360 g/mol. The van der Waals surface area contributed by atoms with Crippen LogP contribution in [0.15, 0.2) is 97.1 Å². The molecule has 0 spiro atoms. The molecule has 0 unspecified atom stereocenters. The van der Waals surface area contributed by atoms with Crippen molar-refractivity contribution in [3.63, 3.8) is 0 Å². The van der Waals surface area contributed by atoms with Gasteiger partial charge in [-0.1, -0.05) is 60.7 Å². The Bertz CT molecular complexity index is 994. The van der Waals surface area contributed by atoms with Crippen LogP contribution in [0.5, 0.6) is 23.0 Å². The minimum absolute atomic E-state index is 0.265. The van der Waals surface area contributed by atoms with E-state index in [1.54, 1.807) is 24.3 Å². The number of hydrogen-bond donors (Lipinski definition) is 2. The lowest BCUT2D eigenvalue weighted by Crippen LogP contribution is -1.97. The first-order chi connectivity index (χ1) is 14.2. The van der Waals surface area contributed by atoms with Crippen molar-refractivity contribution in [2.24, 2.45) is 0 Å². The molecule has 0 radical (unpaired) electrons. The third-order valence-electron chi connectivity index (χ3n) is 4.83. The van der Waals surface area contributed by atoms with Crippen LogP contribution in [0.25, 0.3) is 0 Å². The lowest BCUT2D eigenvalue weighted by Gasteiger charge is -2.15. The Labute approximate surface area is 170 Å². The number of aromatic hydroxyl groups is 2. The van der Waals surface area contributed by atoms with E-state index in [0.29, 0.717) is 0 Å². The molecule has 0 aliphatic heterocycles. The van der Waals surface area contributed by atoms with Crippen molar-refractivity contribution in [3.8, 4) is 23.0 Å². The summed E-state index contributed by atoms with van der Waals surface area (Å²) in [5.41, 5.74) is 4.38. The first-order valence-corrected chi connectivity index (χ1v) is 9.57. The predicted octanol–water partition coefficient (Wildman–Crippen LogP) is 6.07. The van der Waals surface area contributed by atoms with Crippen LogP contribution < -0.4 is 4.74 Å². The standard InChI is InChI=1S/C26H22O3/c27-23-13-9-19(10-14-23)17-21-5-1-3-7-25(21)29-26-8-4-2-6-22(26)18-20-11-15-24(28)16-12-20/h1-16,27-28H,17-18H2. The number of benzene rings is 4. The van der Waals surface area contributed by atoms with Gasteiger partial charge in [0.1, 0.15) is 23.0 Å². The summed E-state index contributed by atoms with van der Waals surface area (Å²) in [4.78, 5) is 0. The molecule has 4 aromatic rings. The largest absolute Gasteiger partial charge is 0.508 e. The maximum Gasteiger partial charge on any atom is 0.130 e. The van der Waals surface area contributed by atoms with E-state index in [9.17, 15) is 10.2 Å². The highest BCUT2D eigenvalue weighted by Crippen LogP contribution is 2.31. The second-order valence-corrected chi connectivity index (χ2v) is 7.00. The molecule has 3 heteroatoms. The van der Waals surface area contributed by atoms with E-state index in [1.807, 2.05) is 60.7 Å². The number of para-hydroxylation sites is 2. The van der Waals surface area contributed by atoms with E-state index in [1.165, 1.54) is 0 Å². The highest BCUT2D eigenvalue weighted by molar-refractivity contribution is 5.45. The molecule has 0 aromatic heterocycles. The van der Waals surface area contributed by atoms with Crippen molar-refractivity contribution in [2.75, 3.05) is 0 Å². The Morgan fingerprint density at radius 2 is 0.862 bits per heavy atom. The van der Waals surface area contributed by atoms with Crippen molar-refractivity contribution in [3.05, 3.63) is 119 Å². The summed E-state index contributed by atoms with van der Waals surface area (Å²) < 4.78 is 6.33. The Kier molecular flexibility index (Phi) is 5.48. The Hall–Kier alpha value is -3.72. The molecular formula is C26H22O3. The van der Waals surface area contributed by atoms with Gasteiger partial charge >= 0.3 is 0 Å². The second kappa shape index (κ2) is 8.53. The Balaban J connectivity index is 1.58. The molecule has 2 N–H and O–H groups in total. The van der Waals surface area contributed by atoms with Crippen LogP contribution in [0.3, 0.4) is 0 Å². The van der Waals surface area contributed by atoms with Gasteiger partial charge in [-0.2, -0.15) is 0 Å². The third-order valence-corrected chi connectivity index (χ3v) is 4.83. The normalized spacial score (nSPS) is 10.6. The van der Waals surface area contributed by atoms with E-state index in [4.69, 9.17) is 4.74 Å². The molecule has 0 fully saturated rings. The number of rotatable bonds is 6. The van der Waals surface area contributed by atoms with Gasteiger partial charge in [0.05, 0.1) is 0 Å². The molecule has 0 heterocycles. The van der Waals surface area contributed by atoms with E-state index < -0.39 is 0 Å². The molecule has 144 valence electrons. The van der Waals surface area contributed by atoms with Crippen molar-refractivity contribution < 1.29 is 14.9 Å². The van der Waals surface area contributed by atoms with Gasteiger partial charge in [-0.3, -0.25) is 0 Å². The van der Waals surface area contributed by atoms with Gasteiger partial charge < -0.3 is 14.9 Å². The fourth-order valence-electron chi connectivity index (χ4n) is 3.28. The first kappa shape index (κ1) is 18.6. The summed E-state index contributed by atoms with van der Waals surface area (Å²) in [7, 11) is 0. The smallest absolute Gasteiger partial charge is 0.130 e. The van der Waals surface area contributed by atoms with E-state index >= 15 is 0 Å². The van der Waals surface area contributed by atoms with Crippen LogP contribution in [-0.4, -0.2) is 10.2 Å². The summed E-state index contributed by atoms with van der Waals surface area (Å²) in [6.45, 7) is 0. The average molecular weight is 382 g/mol. The van der Waals surface area contributed by atoms with E-state index in [0.717, 1.165) is 46.6 Å². The van der Waals surface area contributed by atoms with Crippen LogP contribution in [0, 0.1) is 0 Å². The van der Waals surface area contributed by atoms with Crippen LogP contribution in [0.4, 0.5) is 0 Å². The minimum Gasteiger partial charge on any atom is -0.508 e. The lowest BCUT2D eigenvalue weighted by atomic mass is 10.0. The Morgan fingerprint density at radius 1 is 0.483 bits per heavy atom. The molecule has 0 saturated carbocycles. The predicted molar refractivity (Wildman–Crippen MR) is 115 cm³/mol. The average Bonchev–Trinajstić information content (AvgIpc) is 2.74. The topological polar surface area (TPSA) is 49.7 Å². The van der Waals surface area contributed by atoms with Crippen molar-refractivity contribution >= 4 is 0 Å². The highest BCUT2D eigenvalue weighted by Gasteiger charge is 2.10. The monoisotopic (exact) mass is 382 g/mol. The van der Waals surface area contributed by atoms with Gasteiger partial charge in [-0.15, -0.1) is 0 Å². The van der Waals surface area contributed by atoms with Gasteiger partial charge in [0.25, 0.3) is 0 Å². The summed E-state index contributed by atoms with van der Waals surface area (Å²) in [6.07, 6.45) is 1.44. The number of hydrogen-bond acceptors (Lipinski definition) is 3. The zero-order valence-corrected chi connectivity index (χ0v) is 16.0. The molecule has 3 nitrogen and oxygen atoms in total.